The molecule has 0 saturated carbocycles. The number of nitrogen functional groups attached to an aromatic ring is 1. The highest BCUT2D eigenvalue weighted by atomic mass is 32.2. The fourth-order valence-corrected chi connectivity index (χ4v) is 2.81. The molecule has 0 unspecified atom stereocenters. The van der Waals surface area contributed by atoms with Crippen LogP contribution in [0.3, 0.4) is 0 Å². The standard InChI is InChI=1S/C14H14N4O2S/c1-9-13(6-11(16)7-14(9)21(17,19)20)18-12-5-3-2-4-10(12)8-15/h2-7,18H,16H2,1H3,(H2,17,19,20). The molecule has 0 heterocycles. The highest BCUT2D eigenvalue weighted by Gasteiger charge is 2.16. The van der Waals surface area contributed by atoms with Crippen molar-refractivity contribution in [1.82, 2.24) is 0 Å². The molecule has 2 aromatic carbocycles. The Balaban J connectivity index is 2.56. The summed E-state index contributed by atoms with van der Waals surface area (Å²) in [6, 6.07) is 11.9. The van der Waals surface area contributed by atoms with Crippen LogP contribution in [0.4, 0.5) is 17.1 Å². The van der Waals surface area contributed by atoms with Gasteiger partial charge in [0.1, 0.15) is 6.07 Å². The maximum Gasteiger partial charge on any atom is 0.238 e. The van der Waals surface area contributed by atoms with Gasteiger partial charge in [0.2, 0.25) is 10.0 Å². The Bertz CT molecular complexity index is 839. The molecule has 0 aliphatic carbocycles. The lowest BCUT2D eigenvalue weighted by Gasteiger charge is -2.14. The van der Waals surface area contributed by atoms with Crippen LogP contribution < -0.4 is 16.2 Å². The van der Waals surface area contributed by atoms with Crippen LogP contribution in [-0.2, 0) is 10.0 Å². The zero-order valence-corrected chi connectivity index (χ0v) is 12.1. The van der Waals surface area contributed by atoms with E-state index in [1.54, 1.807) is 37.3 Å². The summed E-state index contributed by atoms with van der Waals surface area (Å²) >= 11 is 0. The fourth-order valence-electron chi connectivity index (χ4n) is 1.97. The van der Waals surface area contributed by atoms with Crippen molar-refractivity contribution in [3.05, 3.63) is 47.5 Å². The molecule has 0 aliphatic rings. The number of nitrogens with two attached hydrogens (primary N) is 2. The second-order valence-electron chi connectivity index (χ2n) is 4.52. The van der Waals surface area contributed by atoms with Crippen molar-refractivity contribution < 1.29 is 8.42 Å². The van der Waals surface area contributed by atoms with E-state index in [1.807, 2.05) is 0 Å². The van der Waals surface area contributed by atoms with E-state index in [-0.39, 0.29) is 10.6 Å². The number of hydrogen-bond acceptors (Lipinski definition) is 5. The monoisotopic (exact) mass is 302 g/mol. The van der Waals surface area contributed by atoms with Gasteiger partial charge in [-0.3, -0.25) is 0 Å². The molecule has 0 spiro atoms. The molecule has 0 radical (unpaired) electrons. The Labute approximate surface area is 123 Å². The molecule has 21 heavy (non-hydrogen) atoms. The molecule has 0 bridgehead atoms. The summed E-state index contributed by atoms with van der Waals surface area (Å²) in [6.07, 6.45) is 0. The third-order valence-corrected chi connectivity index (χ3v) is 4.04. The van der Waals surface area contributed by atoms with Crippen LogP contribution in [0.25, 0.3) is 0 Å². The maximum absolute atomic E-state index is 11.6. The Morgan fingerprint density at radius 3 is 2.48 bits per heavy atom. The van der Waals surface area contributed by atoms with Gasteiger partial charge in [0.05, 0.1) is 16.1 Å². The molecule has 0 atom stereocenters. The molecule has 108 valence electrons. The third-order valence-electron chi connectivity index (χ3n) is 3.01. The highest BCUT2D eigenvalue weighted by Crippen LogP contribution is 2.29. The summed E-state index contributed by atoms with van der Waals surface area (Å²) in [5.41, 5.74) is 7.93. The number of primary sulfonamides is 1. The minimum atomic E-state index is -3.87. The number of nitrogens with zero attached hydrogens (tertiary/aromatic N) is 1. The second kappa shape index (κ2) is 5.44. The number of sulfonamides is 1. The lowest BCUT2D eigenvalue weighted by atomic mass is 10.1. The lowest BCUT2D eigenvalue weighted by Crippen LogP contribution is -2.15. The van der Waals surface area contributed by atoms with Gasteiger partial charge in [-0.25, -0.2) is 13.6 Å². The summed E-state index contributed by atoms with van der Waals surface area (Å²) in [4.78, 5) is -0.0422. The van der Waals surface area contributed by atoms with Crippen molar-refractivity contribution in [2.75, 3.05) is 11.1 Å². The number of hydrogen-bond donors (Lipinski definition) is 3. The number of anilines is 3. The van der Waals surface area contributed by atoms with Crippen molar-refractivity contribution >= 4 is 27.1 Å². The number of nitriles is 1. The molecular weight excluding hydrogens is 288 g/mol. The van der Waals surface area contributed by atoms with E-state index in [9.17, 15) is 8.42 Å². The molecule has 0 fully saturated rings. The Hall–Kier alpha value is -2.56. The summed E-state index contributed by atoms with van der Waals surface area (Å²) in [5, 5.41) is 17.3. The van der Waals surface area contributed by atoms with Gasteiger partial charge in [-0.15, -0.1) is 0 Å². The van der Waals surface area contributed by atoms with Crippen molar-refractivity contribution in [3.63, 3.8) is 0 Å². The predicted molar refractivity (Wildman–Crippen MR) is 81.4 cm³/mol. The summed E-state index contributed by atoms with van der Waals surface area (Å²) in [5.74, 6) is 0. The van der Waals surface area contributed by atoms with E-state index in [2.05, 4.69) is 11.4 Å². The Kier molecular flexibility index (Phi) is 3.84. The zero-order valence-electron chi connectivity index (χ0n) is 11.3. The van der Waals surface area contributed by atoms with Gasteiger partial charge in [-0.05, 0) is 36.8 Å². The fraction of sp³-hybridized carbons (Fsp3) is 0.0714. The van der Waals surface area contributed by atoms with Crippen LogP contribution in [0, 0.1) is 18.3 Å². The molecular formula is C14H14N4O2S. The first-order valence-corrected chi connectivity index (χ1v) is 7.56. The first kappa shape index (κ1) is 14.8. The minimum absolute atomic E-state index is 0.0422. The molecule has 2 rings (SSSR count). The molecule has 0 saturated heterocycles. The van der Waals surface area contributed by atoms with Crippen LogP contribution in [0.15, 0.2) is 41.3 Å². The van der Waals surface area contributed by atoms with Crippen LogP contribution in [0.5, 0.6) is 0 Å². The Morgan fingerprint density at radius 2 is 1.86 bits per heavy atom. The molecule has 0 aliphatic heterocycles. The van der Waals surface area contributed by atoms with Gasteiger partial charge in [0, 0.05) is 11.4 Å². The van der Waals surface area contributed by atoms with E-state index < -0.39 is 10.0 Å². The SMILES string of the molecule is Cc1c(Nc2ccccc2C#N)cc(N)cc1S(N)(=O)=O. The van der Waals surface area contributed by atoms with Crippen LogP contribution >= 0.6 is 0 Å². The molecule has 7 heteroatoms. The molecule has 2 aromatic rings. The smallest absolute Gasteiger partial charge is 0.238 e. The largest absolute Gasteiger partial charge is 0.399 e. The van der Waals surface area contributed by atoms with E-state index >= 15 is 0 Å². The first-order chi connectivity index (χ1) is 9.82. The average Bonchev–Trinajstić information content (AvgIpc) is 2.42. The quantitative estimate of drug-likeness (QED) is 0.747. The van der Waals surface area contributed by atoms with Gasteiger partial charge in [-0.2, -0.15) is 5.26 Å². The van der Waals surface area contributed by atoms with Crippen molar-refractivity contribution in [1.29, 1.82) is 5.26 Å². The Morgan fingerprint density at radius 1 is 1.19 bits per heavy atom. The minimum Gasteiger partial charge on any atom is -0.399 e. The zero-order chi connectivity index (χ0) is 15.6. The lowest BCUT2D eigenvalue weighted by molar-refractivity contribution is 0.597. The van der Waals surface area contributed by atoms with Gasteiger partial charge in [0.15, 0.2) is 0 Å². The van der Waals surface area contributed by atoms with E-state index in [1.165, 1.54) is 6.07 Å². The van der Waals surface area contributed by atoms with Crippen LogP contribution in [0.2, 0.25) is 0 Å². The summed E-state index contributed by atoms with van der Waals surface area (Å²) in [6.45, 7) is 1.62. The van der Waals surface area contributed by atoms with Crippen LogP contribution in [0.1, 0.15) is 11.1 Å². The van der Waals surface area contributed by atoms with Gasteiger partial charge >= 0.3 is 0 Å². The predicted octanol–water partition coefficient (Wildman–Crippen LogP) is 1.84. The number of nitrogens with one attached hydrogen (secondary N) is 1. The summed E-state index contributed by atoms with van der Waals surface area (Å²) < 4.78 is 23.2. The van der Waals surface area contributed by atoms with Crippen molar-refractivity contribution in [2.24, 2.45) is 5.14 Å². The molecule has 5 N–H and O–H groups in total. The van der Waals surface area contributed by atoms with Crippen molar-refractivity contribution in [2.45, 2.75) is 11.8 Å². The van der Waals surface area contributed by atoms with Crippen molar-refractivity contribution in [3.8, 4) is 6.07 Å². The molecule has 0 amide bonds. The average molecular weight is 302 g/mol. The van der Waals surface area contributed by atoms with E-state index in [4.69, 9.17) is 16.1 Å². The number of benzene rings is 2. The van der Waals surface area contributed by atoms with Gasteiger partial charge in [-0.1, -0.05) is 12.1 Å². The highest BCUT2D eigenvalue weighted by molar-refractivity contribution is 7.89. The number of rotatable bonds is 3. The van der Waals surface area contributed by atoms with Crippen LogP contribution in [-0.4, -0.2) is 8.42 Å². The van der Waals surface area contributed by atoms with E-state index in [0.29, 0.717) is 22.5 Å². The third kappa shape index (κ3) is 3.13. The maximum atomic E-state index is 11.6. The van der Waals surface area contributed by atoms with Gasteiger partial charge in [0.25, 0.3) is 0 Å². The number of para-hydroxylation sites is 1. The molecule has 6 nitrogen and oxygen atoms in total. The normalized spacial score (nSPS) is 10.9. The topological polar surface area (TPSA) is 122 Å². The molecule has 0 aromatic heterocycles. The first-order valence-electron chi connectivity index (χ1n) is 6.02. The van der Waals surface area contributed by atoms with E-state index in [0.717, 1.165) is 0 Å². The van der Waals surface area contributed by atoms with Gasteiger partial charge < -0.3 is 11.1 Å². The second-order valence-corrected chi connectivity index (χ2v) is 6.05. The summed E-state index contributed by atoms with van der Waals surface area (Å²) in [7, 11) is -3.87.